The number of nitrogens with one attached hydrogen (secondary N) is 1. The molecule has 0 amide bonds. The maximum atomic E-state index is 12.0. The number of aromatic nitrogens is 1. The molecule has 19 heavy (non-hydrogen) atoms. The van der Waals surface area contributed by atoms with Crippen molar-refractivity contribution in [2.24, 2.45) is 5.92 Å². The van der Waals surface area contributed by atoms with Gasteiger partial charge in [-0.25, -0.2) is 13.4 Å². The molecule has 1 aromatic heterocycles. The molecule has 0 radical (unpaired) electrons. The van der Waals surface area contributed by atoms with E-state index in [1.54, 1.807) is 0 Å². The zero-order chi connectivity index (χ0) is 14.6. The Hall–Kier alpha value is -0.990. The number of hydrogen-bond acceptors (Lipinski definition) is 4. The molecule has 0 spiro atoms. The SMILES string of the molecule is CC(C)C[C@H](NS(=O)(=O)c1ccc(Br)cn1)C(=O)O. The second-order valence-electron chi connectivity index (χ2n) is 4.46. The zero-order valence-corrected chi connectivity index (χ0v) is 12.9. The Morgan fingerprint density at radius 3 is 2.53 bits per heavy atom. The monoisotopic (exact) mass is 350 g/mol. The van der Waals surface area contributed by atoms with Gasteiger partial charge >= 0.3 is 5.97 Å². The molecule has 106 valence electrons. The molecule has 1 heterocycles. The van der Waals surface area contributed by atoms with Crippen molar-refractivity contribution in [2.75, 3.05) is 0 Å². The number of hydrogen-bond donors (Lipinski definition) is 2. The summed E-state index contributed by atoms with van der Waals surface area (Å²) in [4.78, 5) is 14.8. The van der Waals surface area contributed by atoms with Gasteiger partial charge in [0.25, 0.3) is 10.0 Å². The standard InChI is InChI=1S/C11H15BrN2O4S/c1-7(2)5-9(11(15)16)14-19(17,18)10-4-3-8(12)6-13-10/h3-4,6-7,9,14H,5H2,1-2H3,(H,15,16)/t9-/m0/s1. The summed E-state index contributed by atoms with van der Waals surface area (Å²) >= 11 is 3.15. The van der Waals surface area contributed by atoms with Crippen LogP contribution in [0.3, 0.4) is 0 Å². The Balaban J connectivity index is 2.94. The van der Waals surface area contributed by atoms with Crippen molar-refractivity contribution in [2.45, 2.75) is 31.3 Å². The van der Waals surface area contributed by atoms with Crippen LogP contribution in [0.2, 0.25) is 0 Å². The van der Waals surface area contributed by atoms with Crippen LogP contribution in [-0.4, -0.2) is 30.5 Å². The molecule has 0 fully saturated rings. The molecule has 0 aromatic carbocycles. The molecular weight excluding hydrogens is 336 g/mol. The first-order chi connectivity index (χ1) is 8.72. The molecular formula is C11H15BrN2O4S. The Kier molecular flexibility index (Phi) is 5.45. The van der Waals surface area contributed by atoms with Gasteiger partial charge in [-0.2, -0.15) is 4.72 Å². The Morgan fingerprint density at radius 2 is 2.11 bits per heavy atom. The van der Waals surface area contributed by atoms with Gasteiger partial charge in [0.05, 0.1) is 0 Å². The summed E-state index contributed by atoms with van der Waals surface area (Å²) in [5, 5.41) is 8.82. The number of carbonyl (C=O) groups is 1. The Labute approximate surface area is 120 Å². The molecule has 0 bridgehead atoms. The lowest BCUT2D eigenvalue weighted by Gasteiger charge is -2.16. The number of carboxylic acid groups (broad SMARTS) is 1. The minimum Gasteiger partial charge on any atom is -0.480 e. The van der Waals surface area contributed by atoms with Gasteiger partial charge < -0.3 is 5.11 Å². The van der Waals surface area contributed by atoms with Gasteiger partial charge in [0.1, 0.15) is 6.04 Å². The molecule has 8 heteroatoms. The fourth-order valence-electron chi connectivity index (χ4n) is 1.44. The quantitative estimate of drug-likeness (QED) is 0.812. The van der Waals surface area contributed by atoms with Crippen LogP contribution >= 0.6 is 15.9 Å². The van der Waals surface area contributed by atoms with Crippen molar-refractivity contribution < 1.29 is 18.3 Å². The third kappa shape index (κ3) is 4.88. The number of nitrogens with zero attached hydrogens (tertiary/aromatic N) is 1. The highest BCUT2D eigenvalue weighted by Gasteiger charge is 2.26. The lowest BCUT2D eigenvalue weighted by molar-refractivity contribution is -0.139. The van der Waals surface area contributed by atoms with Crippen molar-refractivity contribution in [1.29, 1.82) is 0 Å². The fourth-order valence-corrected chi connectivity index (χ4v) is 2.81. The minimum atomic E-state index is -3.93. The lowest BCUT2D eigenvalue weighted by atomic mass is 10.1. The van der Waals surface area contributed by atoms with Crippen molar-refractivity contribution in [3.63, 3.8) is 0 Å². The molecule has 0 aliphatic heterocycles. The molecule has 0 unspecified atom stereocenters. The van der Waals surface area contributed by atoms with Crippen LogP contribution in [0, 0.1) is 5.92 Å². The summed E-state index contributed by atoms with van der Waals surface area (Å²) in [6, 6.07) is 1.68. The Morgan fingerprint density at radius 1 is 1.47 bits per heavy atom. The molecule has 1 atom stereocenters. The minimum absolute atomic E-state index is 0.0571. The largest absolute Gasteiger partial charge is 0.480 e. The second kappa shape index (κ2) is 6.44. The van der Waals surface area contributed by atoms with E-state index < -0.39 is 22.0 Å². The van der Waals surface area contributed by atoms with E-state index in [1.807, 2.05) is 13.8 Å². The highest BCUT2D eigenvalue weighted by atomic mass is 79.9. The summed E-state index contributed by atoms with van der Waals surface area (Å²) in [6.07, 6.45) is 1.55. The van der Waals surface area contributed by atoms with Crippen LogP contribution in [0.15, 0.2) is 27.8 Å². The summed E-state index contributed by atoms with van der Waals surface area (Å²) in [5.41, 5.74) is 0. The summed E-state index contributed by atoms with van der Waals surface area (Å²) in [7, 11) is -3.93. The predicted octanol–water partition coefficient (Wildman–Crippen LogP) is 1.62. The van der Waals surface area contributed by atoms with Crippen LogP contribution in [0.4, 0.5) is 0 Å². The van der Waals surface area contributed by atoms with E-state index in [0.29, 0.717) is 4.47 Å². The number of aliphatic carboxylic acids is 1. The van der Waals surface area contributed by atoms with Gasteiger partial charge in [0.2, 0.25) is 0 Å². The average Bonchev–Trinajstić information content (AvgIpc) is 2.27. The van der Waals surface area contributed by atoms with Crippen LogP contribution < -0.4 is 4.72 Å². The predicted molar refractivity (Wildman–Crippen MR) is 73.1 cm³/mol. The summed E-state index contributed by atoms with van der Waals surface area (Å²) < 4.78 is 26.8. The van der Waals surface area contributed by atoms with Crippen molar-refractivity contribution in [1.82, 2.24) is 9.71 Å². The maximum absolute atomic E-state index is 12.0. The number of rotatable bonds is 6. The van der Waals surface area contributed by atoms with Gasteiger partial charge in [-0.05, 0) is 40.4 Å². The molecule has 1 rings (SSSR count). The van der Waals surface area contributed by atoms with Gasteiger partial charge in [0.15, 0.2) is 5.03 Å². The molecule has 0 saturated heterocycles. The van der Waals surface area contributed by atoms with Crippen molar-refractivity contribution in [3.8, 4) is 0 Å². The van der Waals surface area contributed by atoms with Crippen LogP contribution in [0.1, 0.15) is 20.3 Å². The van der Waals surface area contributed by atoms with Gasteiger partial charge in [0, 0.05) is 10.7 Å². The molecule has 0 aliphatic carbocycles. The maximum Gasteiger partial charge on any atom is 0.321 e. The van der Waals surface area contributed by atoms with Crippen molar-refractivity contribution >= 4 is 31.9 Å². The molecule has 2 N–H and O–H groups in total. The topological polar surface area (TPSA) is 96.4 Å². The second-order valence-corrected chi connectivity index (χ2v) is 7.03. The third-order valence-corrected chi connectivity index (χ3v) is 4.13. The first kappa shape index (κ1) is 16.1. The average molecular weight is 351 g/mol. The normalized spacial score (nSPS) is 13.5. The van der Waals surface area contributed by atoms with E-state index in [2.05, 4.69) is 25.6 Å². The van der Waals surface area contributed by atoms with Crippen LogP contribution in [0.25, 0.3) is 0 Å². The van der Waals surface area contributed by atoms with Crippen molar-refractivity contribution in [3.05, 3.63) is 22.8 Å². The van der Waals surface area contributed by atoms with E-state index in [0.717, 1.165) is 0 Å². The van der Waals surface area contributed by atoms with Crippen LogP contribution in [0.5, 0.6) is 0 Å². The third-order valence-electron chi connectivity index (χ3n) is 2.28. The summed E-state index contributed by atoms with van der Waals surface area (Å²) in [5.74, 6) is -1.14. The molecule has 0 saturated carbocycles. The summed E-state index contributed by atoms with van der Waals surface area (Å²) in [6.45, 7) is 3.64. The van der Waals surface area contributed by atoms with E-state index >= 15 is 0 Å². The first-order valence-corrected chi connectivity index (χ1v) is 7.86. The Bertz CT molecular complexity index is 542. The molecule has 0 aliphatic rings. The van der Waals surface area contributed by atoms with E-state index in [9.17, 15) is 13.2 Å². The number of pyridine rings is 1. The zero-order valence-electron chi connectivity index (χ0n) is 10.5. The molecule has 1 aromatic rings. The molecule has 6 nitrogen and oxygen atoms in total. The van der Waals surface area contributed by atoms with Gasteiger partial charge in [-0.15, -0.1) is 0 Å². The van der Waals surface area contributed by atoms with E-state index in [4.69, 9.17) is 5.11 Å². The number of sulfonamides is 1. The van der Waals surface area contributed by atoms with Gasteiger partial charge in [-0.3, -0.25) is 4.79 Å². The number of carboxylic acids is 1. The highest BCUT2D eigenvalue weighted by Crippen LogP contribution is 2.13. The lowest BCUT2D eigenvalue weighted by Crippen LogP contribution is -2.41. The van der Waals surface area contributed by atoms with Crippen LogP contribution in [-0.2, 0) is 14.8 Å². The first-order valence-electron chi connectivity index (χ1n) is 5.59. The van der Waals surface area contributed by atoms with Gasteiger partial charge in [-0.1, -0.05) is 13.8 Å². The van der Waals surface area contributed by atoms with E-state index in [1.165, 1.54) is 18.3 Å². The number of halogens is 1. The highest BCUT2D eigenvalue weighted by molar-refractivity contribution is 9.10. The smallest absolute Gasteiger partial charge is 0.321 e. The fraction of sp³-hybridized carbons (Fsp3) is 0.455. The van der Waals surface area contributed by atoms with E-state index in [-0.39, 0.29) is 17.4 Å².